The third-order valence-electron chi connectivity index (χ3n) is 6.01. The molecule has 0 radical (unpaired) electrons. The van der Waals surface area contributed by atoms with Crippen molar-refractivity contribution in [1.29, 1.82) is 0 Å². The van der Waals surface area contributed by atoms with Crippen molar-refractivity contribution in [3.63, 3.8) is 0 Å². The van der Waals surface area contributed by atoms with Gasteiger partial charge in [0, 0.05) is 17.8 Å². The first-order chi connectivity index (χ1) is 15.4. The summed E-state index contributed by atoms with van der Waals surface area (Å²) in [5, 5.41) is 0. The summed E-state index contributed by atoms with van der Waals surface area (Å²) in [7, 11) is 1.42. The van der Waals surface area contributed by atoms with Gasteiger partial charge in [0.05, 0.1) is 13.2 Å². The van der Waals surface area contributed by atoms with E-state index in [0.29, 0.717) is 43.4 Å². The summed E-state index contributed by atoms with van der Waals surface area (Å²) in [4.78, 5) is 32.0. The molecule has 2 heterocycles. The van der Waals surface area contributed by atoms with Crippen molar-refractivity contribution in [3.05, 3.63) is 70.6 Å². The van der Waals surface area contributed by atoms with Crippen LogP contribution in [0.3, 0.4) is 0 Å². The van der Waals surface area contributed by atoms with Crippen molar-refractivity contribution in [3.8, 4) is 5.75 Å². The van der Waals surface area contributed by atoms with E-state index in [2.05, 4.69) is 4.99 Å². The average Bonchev–Trinajstić information content (AvgIpc) is 2.94. The van der Waals surface area contributed by atoms with Gasteiger partial charge in [-0.05, 0) is 73.6 Å². The highest BCUT2D eigenvalue weighted by Crippen LogP contribution is 2.32. The standard InChI is InChI=1S/C25H26FN3O3/c1-15-4-3-5-18(12-15)29-11-10-19-20(25(29)31)8-7-17(28-23(19)24(27)30)13-16-6-9-22(32-2)21(26)14-16/h3-6,9,12,14,17H,7-8,10-11,13H2,1-2H3,(H2,27,30). The van der Waals surface area contributed by atoms with E-state index in [9.17, 15) is 14.0 Å². The Hall–Kier alpha value is -3.48. The van der Waals surface area contributed by atoms with Crippen LogP contribution in [0.15, 0.2) is 58.6 Å². The Morgan fingerprint density at radius 2 is 2.03 bits per heavy atom. The molecule has 2 amide bonds. The van der Waals surface area contributed by atoms with Crippen LogP contribution in [0.2, 0.25) is 0 Å². The Labute approximate surface area is 186 Å². The predicted octanol–water partition coefficient (Wildman–Crippen LogP) is 3.51. The first-order valence-corrected chi connectivity index (χ1v) is 10.7. The number of hydrogen-bond donors (Lipinski definition) is 1. The second kappa shape index (κ2) is 8.94. The predicted molar refractivity (Wildman–Crippen MR) is 121 cm³/mol. The van der Waals surface area contributed by atoms with Crippen molar-refractivity contribution < 1.29 is 18.7 Å². The monoisotopic (exact) mass is 435 g/mol. The number of carbonyl (C=O) groups is 2. The van der Waals surface area contributed by atoms with Crippen LogP contribution >= 0.6 is 0 Å². The maximum absolute atomic E-state index is 14.1. The number of carbonyl (C=O) groups excluding carboxylic acids is 2. The maximum atomic E-state index is 14.1. The van der Waals surface area contributed by atoms with Gasteiger partial charge >= 0.3 is 0 Å². The number of nitrogens with zero attached hydrogens (tertiary/aromatic N) is 2. The summed E-state index contributed by atoms with van der Waals surface area (Å²) in [5.74, 6) is -1.02. The van der Waals surface area contributed by atoms with E-state index < -0.39 is 11.7 Å². The Balaban J connectivity index is 1.61. The third-order valence-corrected chi connectivity index (χ3v) is 6.01. The lowest BCUT2D eigenvalue weighted by atomic mass is 9.91. The lowest BCUT2D eigenvalue weighted by Crippen LogP contribution is -2.40. The summed E-state index contributed by atoms with van der Waals surface area (Å²) in [6.45, 7) is 2.44. The van der Waals surface area contributed by atoms with Gasteiger partial charge in [0.25, 0.3) is 11.8 Å². The number of hydrogen-bond acceptors (Lipinski definition) is 4. The lowest BCUT2D eigenvalue weighted by Gasteiger charge is -2.30. The van der Waals surface area contributed by atoms with Gasteiger partial charge in [-0.1, -0.05) is 18.2 Å². The fourth-order valence-electron chi connectivity index (χ4n) is 4.43. The maximum Gasteiger partial charge on any atom is 0.267 e. The molecular weight excluding hydrogens is 409 g/mol. The molecule has 6 nitrogen and oxygen atoms in total. The van der Waals surface area contributed by atoms with Crippen LogP contribution in [-0.4, -0.2) is 37.2 Å². The lowest BCUT2D eigenvalue weighted by molar-refractivity contribution is -0.115. The zero-order chi connectivity index (χ0) is 22.8. The molecule has 2 aromatic carbocycles. The van der Waals surface area contributed by atoms with Crippen molar-refractivity contribution >= 4 is 23.2 Å². The molecule has 0 spiro atoms. The number of anilines is 1. The molecule has 2 aromatic rings. The molecular formula is C25H26FN3O3. The summed E-state index contributed by atoms with van der Waals surface area (Å²) >= 11 is 0. The van der Waals surface area contributed by atoms with Crippen LogP contribution in [-0.2, 0) is 16.0 Å². The minimum atomic E-state index is -0.637. The number of rotatable bonds is 5. The van der Waals surface area contributed by atoms with Crippen LogP contribution in [0.5, 0.6) is 5.75 Å². The van der Waals surface area contributed by atoms with Crippen molar-refractivity contribution in [2.45, 2.75) is 38.6 Å². The molecule has 2 aliphatic rings. The fraction of sp³-hybridized carbons (Fsp3) is 0.320. The molecule has 1 atom stereocenters. The van der Waals surface area contributed by atoms with E-state index in [1.807, 2.05) is 31.2 Å². The second-order valence-electron chi connectivity index (χ2n) is 8.21. The number of ether oxygens (including phenoxy) is 1. The van der Waals surface area contributed by atoms with Gasteiger partial charge in [-0.25, -0.2) is 4.39 Å². The van der Waals surface area contributed by atoms with Crippen molar-refractivity contribution in [2.75, 3.05) is 18.6 Å². The topological polar surface area (TPSA) is 85.0 Å². The zero-order valence-corrected chi connectivity index (χ0v) is 18.2. The Bertz CT molecular complexity index is 1140. The third kappa shape index (κ3) is 4.28. The Morgan fingerprint density at radius 1 is 1.22 bits per heavy atom. The summed E-state index contributed by atoms with van der Waals surface area (Å²) < 4.78 is 19.1. The molecule has 166 valence electrons. The SMILES string of the molecule is COc1ccc(CC2CCC3=C(CCN(c4cccc(C)c4)C3=O)C(C(N)=O)=N2)cc1F. The Morgan fingerprint density at radius 3 is 2.72 bits per heavy atom. The number of aryl methyl sites for hydroxylation is 1. The second-order valence-corrected chi connectivity index (χ2v) is 8.21. The summed E-state index contributed by atoms with van der Waals surface area (Å²) in [6, 6.07) is 12.3. The number of benzene rings is 2. The average molecular weight is 435 g/mol. The molecule has 0 fully saturated rings. The first-order valence-electron chi connectivity index (χ1n) is 10.7. The van der Waals surface area contributed by atoms with E-state index >= 15 is 0 Å². The molecule has 0 saturated carbocycles. The Kier molecular flexibility index (Phi) is 6.08. The number of halogens is 1. The highest BCUT2D eigenvalue weighted by atomic mass is 19.1. The van der Waals surface area contributed by atoms with Crippen LogP contribution in [0.4, 0.5) is 10.1 Å². The smallest absolute Gasteiger partial charge is 0.267 e. The normalized spacial score (nSPS) is 18.7. The first kappa shape index (κ1) is 21.7. The summed E-state index contributed by atoms with van der Waals surface area (Å²) in [5.41, 5.74) is 9.74. The minimum Gasteiger partial charge on any atom is -0.494 e. The van der Waals surface area contributed by atoms with Gasteiger partial charge in [-0.2, -0.15) is 0 Å². The largest absolute Gasteiger partial charge is 0.494 e. The molecule has 32 heavy (non-hydrogen) atoms. The quantitative estimate of drug-likeness (QED) is 0.780. The molecule has 2 N–H and O–H groups in total. The number of aliphatic imine (C=N–C) groups is 1. The van der Waals surface area contributed by atoms with Crippen molar-refractivity contribution in [1.82, 2.24) is 0 Å². The molecule has 0 saturated heterocycles. The zero-order valence-electron chi connectivity index (χ0n) is 18.2. The van der Waals surface area contributed by atoms with Gasteiger partial charge in [-0.15, -0.1) is 0 Å². The molecule has 4 rings (SSSR count). The minimum absolute atomic E-state index is 0.109. The fourth-order valence-corrected chi connectivity index (χ4v) is 4.43. The molecule has 2 aliphatic heterocycles. The van der Waals surface area contributed by atoms with Gasteiger partial charge in [0.1, 0.15) is 5.71 Å². The van der Waals surface area contributed by atoms with E-state index in [0.717, 1.165) is 16.8 Å². The van der Waals surface area contributed by atoms with Gasteiger partial charge in [0.15, 0.2) is 11.6 Å². The number of amides is 2. The van der Waals surface area contributed by atoms with E-state index in [1.54, 1.807) is 17.0 Å². The number of nitrogens with two attached hydrogens (primary N) is 1. The van der Waals surface area contributed by atoms with Crippen LogP contribution in [0.1, 0.15) is 30.4 Å². The van der Waals surface area contributed by atoms with Crippen molar-refractivity contribution in [2.24, 2.45) is 10.7 Å². The molecule has 7 heteroatoms. The molecule has 0 aliphatic carbocycles. The number of methoxy groups -OCH3 is 1. The van der Waals surface area contributed by atoms with Crippen LogP contribution < -0.4 is 15.4 Å². The number of primary amides is 1. The molecule has 0 bridgehead atoms. The van der Waals surface area contributed by atoms with Gasteiger partial charge in [-0.3, -0.25) is 14.6 Å². The van der Waals surface area contributed by atoms with Gasteiger partial charge < -0.3 is 15.4 Å². The van der Waals surface area contributed by atoms with Crippen LogP contribution in [0.25, 0.3) is 0 Å². The summed E-state index contributed by atoms with van der Waals surface area (Å²) in [6.07, 6.45) is 2.01. The highest BCUT2D eigenvalue weighted by Gasteiger charge is 2.34. The molecule has 0 aromatic heterocycles. The molecule has 1 unspecified atom stereocenters. The van der Waals surface area contributed by atoms with E-state index in [-0.39, 0.29) is 23.4 Å². The van der Waals surface area contributed by atoms with E-state index in [4.69, 9.17) is 10.5 Å². The van der Waals surface area contributed by atoms with E-state index in [1.165, 1.54) is 13.2 Å². The van der Waals surface area contributed by atoms with Gasteiger partial charge in [0.2, 0.25) is 0 Å². The van der Waals surface area contributed by atoms with Crippen LogP contribution in [0, 0.1) is 12.7 Å². The highest BCUT2D eigenvalue weighted by molar-refractivity contribution is 6.46.